The lowest BCUT2D eigenvalue weighted by Crippen LogP contribution is -2.39. The lowest BCUT2D eigenvalue weighted by atomic mass is 10.1. The van der Waals surface area contributed by atoms with E-state index in [1.54, 1.807) is 24.4 Å². The standard InChI is InChI=1S/C21H22N4O3/c26-15-6-4-10-25(13-15)20-14(5-3-9-22-20)12-23-21(28)18-11-19(27)16-7-1-2-8-17(16)24-18/h1-3,5,7-9,11,15,26H,4,6,10,12-13H2,(H,23,28)(H,24,27)/t15-/m0/s1. The van der Waals surface area contributed by atoms with E-state index in [1.165, 1.54) is 6.07 Å². The van der Waals surface area contributed by atoms with Crippen LogP contribution in [0, 0.1) is 0 Å². The molecule has 1 aromatic carbocycles. The van der Waals surface area contributed by atoms with Crippen molar-refractivity contribution in [3.05, 3.63) is 70.1 Å². The van der Waals surface area contributed by atoms with Crippen LogP contribution in [0.2, 0.25) is 0 Å². The topological polar surface area (TPSA) is 98.3 Å². The molecule has 28 heavy (non-hydrogen) atoms. The molecule has 3 aromatic rings. The maximum atomic E-state index is 12.6. The highest BCUT2D eigenvalue weighted by molar-refractivity contribution is 5.94. The van der Waals surface area contributed by atoms with Gasteiger partial charge in [0, 0.05) is 48.4 Å². The highest BCUT2D eigenvalue weighted by Crippen LogP contribution is 2.21. The average molecular weight is 378 g/mol. The number of amides is 1. The Balaban J connectivity index is 1.52. The molecular weight excluding hydrogens is 356 g/mol. The van der Waals surface area contributed by atoms with Gasteiger partial charge in [-0.15, -0.1) is 0 Å². The molecule has 1 aliphatic heterocycles. The molecule has 1 aliphatic rings. The summed E-state index contributed by atoms with van der Waals surface area (Å²) in [4.78, 5) is 34.3. The molecule has 4 rings (SSSR count). The van der Waals surface area contributed by atoms with E-state index in [2.05, 4.69) is 15.3 Å². The summed E-state index contributed by atoms with van der Waals surface area (Å²) in [6, 6.07) is 12.2. The van der Waals surface area contributed by atoms with Crippen LogP contribution < -0.4 is 15.6 Å². The van der Waals surface area contributed by atoms with Crippen molar-refractivity contribution in [3.8, 4) is 0 Å². The maximum absolute atomic E-state index is 12.6. The Morgan fingerprint density at radius 3 is 3.00 bits per heavy atom. The van der Waals surface area contributed by atoms with Crippen LogP contribution in [0.15, 0.2) is 53.5 Å². The number of β-amino-alcohol motifs (C(OH)–C–C–N with tert-alkyl or cyclic N) is 1. The number of rotatable bonds is 4. The zero-order valence-corrected chi connectivity index (χ0v) is 15.4. The largest absolute Gasteiger partial charge is 0.391 e. The number of para-hydroxylation sites is 1. The summed E-state index contributed by atoms with van der Waals surface area (Å²) in [5.74, 6) is 0.421. The predicted octanol–water partition coefficient (Wildman–Crippen LogP) is 1.81. The van der Waals surface area contributed by atoms with Crippen molar-refractivity contribution < 1.29 is 9.90 Å². The van der Waals surface area contributed by atoms with Crippen molar-refractivity contribution >= 4 is 22.6 Å². The van der Waals surface area contributed by atoms with Crippen molar-refractivity contribution in [2.24, 2.45) is 0 Å². The van der Waals surface area contributed by atoms with E-state index in [9.17, 15) is 14.7 Å². The molecule has 3 heterocycles. The number of anilines is 1. The molecule has 1 fully saturated rings. The molecule has 1 atom stereocenters. The number of piperidine rings is 1. The van der Waals surface area contributed by atoms with Crippen LogP contribution in [0.1, 0.15) is 28.9 Å². The van der Waals surface area contributed by atoms with E-state index in [4.69, 9.17) is 0 Å². The third kappa shape index (κ3) is 3.75. The van der Waals surface area contributed by atoms with Crippen molar-refractivity contribution in [1.82, 2.24) is 15.3 Å². The number of fused-ring (bicyclic) bond motifs is 1. The number of benzene rings is 1. The van der Waals surface area contributed by atoms with E-state index < -0.39 is 0 Å². The van der Waals surface area contributed by atoms with E-state index >= 15 is 0 Å². The molecule has 0 radical (unpaired) electrons. The third-order valence-corrected chi connectivity index (χ3v) is 4.98. The average Bonchev–Trinajstić information content (AvgIpc) is 2.72. The van der Waals surface area contributed by atoms with E-state index in [-0.39, 0.29) is 29.7 Å². The van der Waals surface area contributed by atoms with Gasteiger partial charge in [0.1, 0.15) is 11.5 Å². The lowest BCUT2D eigenvalue weighted by Gasteiger charge is -2.32. The van der Waals surface area contributed by atoms with Crippen LogP contribution in [-0.4, -0.2) is 40.2 Å². The van der Waals surface area contributed by atoms with Gasteiger partial charge < -0.3 is 20.3 Å². The van der Waals surface area contributed by atoms with Gasteiger partial charge in [-0.1, -0.05) is 18.2 Å². The first kappa shape index (κ1) is 18.2. The Morgan fingerprint density at radius 2 is 2.14 bits per heavy atom. The minimum atomic E-state index is -0.360. The Morgan fingerprint density at radius 1 is 1.29 bits per heavy atom. The maximum Gasteiger partial charge on any atom is 0.268 e. The van der Waals surface area contributed by atoms with Crippen molar-refractivity contribution in [1.29, 1.82) is 0 Å². The zero-order valence-electron chi connectivity index (χ0n) is 15.4. The molecule has 1 amide bonds. The molecule has 1 saturated heterocycles. The van der Waals surface area contributed by atoms with Gasteiger partial charge in [0.25, 0.3) is 5.91 Å². The number of pyridine rings is 2. The first-order valence-electron chi connectivity index (χ1n) is 9.39. The Kier molecular flexibility index (Phi) is 5.08. The van der Waals surface area contributed by atoms with Crippen LogP contribution in [0.25, 0.3) is 10.9 Å². The van der Waals surface area contributed by atoms with E-state index in [1.807, 2.05) is 23.1 Å². The highest BCUT2D eigenvalue weighted by Gasteiger charge is 2.21. The number of aromatic amines is 1. The number of aliphatic hydroxyl groups is 1. The number of H-pyrrole nitrogens is 1. The van der Waals surface area contributed by atoms with E-state index in [0.717, 1.165) is 30.8 Å². The minimum Gasteiger partial charge on any atom is -0.391 e. The number of nitrogens with zero attached hydrogens (tertiary/aromatic N) is 2. The SMILES string of the molecule is O=C(NCc1cccnc1N1CCC[C@H](O)C1)c1cc(=O)c2ccccc2[nH]1. The van der Waals surface area contributed by atoms with Gasteiger partial charge in [-0.25, -0.2) is 4.98 Å². The summed E-state index contributed by atoms with van der Waals surface area (Å²) in [6.45, 7) is 1.65. The number of carbonyl (C=O) groups is 1. The predicted molar refractivity (Wildman–Crippen MR) is 107 cm³/mol. The smallest absolute Gasteiger partial charge is 0.268 e. The summed E-state index contributed by atoms with van der Waals surface area (Å²) in [7, 11) is 0. The van der Waals surface area contributed by atoms with Crippen LogP contribution >= 0.6 is 0 Å². The van der Waals surface area contributed by atoms with Crippen LogP contribution in [0.4, 0.5) is 5.82 Å². The minimum absolute atomic E-state index is 0.191. The summed E-state index contributed by atoms with van der Waals surface area (Å²) < 4.78 is 0. The molecule has 0 saturated carbocycles. The molecule has 7 heteroatoms. The third-order valence-electron chi connectivity index (χ3n) is 4.98. The monoisotopic (exact) mass is 378 g/mol. The van der Waals surface area contributed by atoms with Gasteiger partial charge in [-0.3, -0.25) is 9.59 Å². The quantitative estimate of drug-likeness (QED) is 0.643. The Hall–Kier alpha value is -3.19. The second-order valence-corrected chi connectivity index (χ2v) is 7.00. The van der Waals surface area contributed by atoms with Crippen LogP contribution in [-0.2, 0) is 6.54 Å². The van der Waals surface area contributed by atoms with Crippen molar-refractivity contribution in [3.63, 3.8) is 0 Å². The summed E-state index contributed by atoms with van der Waals surface area (Å²) in [6.07, 6.45) is 3.05. The fourth-order valence-electron chi connectivity index (χ4n) is 3.59. The number of aromatic nitrogens is 2. The molecule has 7 nitrogen and oxygen atoms in total. The second kappa shape index (κ2) is 7.82. The number of hydrogen-bond donors (Lipinski definition) is 3. The molecule has 0 spiro atoms. The second-order valence-electron chi connectivity index (χ2n) is 7.00. The summed E-state index contributed by atoms with van der Waals surface area (Å²) >= 11 is 0. The van der Waals surface area contributed by atoms with Crippen LogP contribution in [0.5, 0.6) is 0 Å². The first-order chi connectivity index (χ1) is 13.6. The number of hydrogen-bond acceptors (Lipinski definition) is 5. The summed E-state index contributed by atoms with van der Waals surface area (Å²) in [5.41, 5.74) is 1.53. The van der Waals surface area contributed by atoms with Crippen molar-refractivity contribution in [2.75, 3.05) is 18.0 Å². The summed E-state index contributed by atoms with van der Waals surface area (Å²) in [5, 5.41) is 13.4. The van der Waals surface area contributed by atoms with E-state index in [0.29, 0.717) is 17.4 Å². The number of aliphatic hydroxyl groups excluding tert-OH is 1. The van der Waals surface area contributed by atoms with Crippen LogP contribution in [0.3, 0.4) is 0 Å². The van der Waals surface area contributed by atoms with Crippen molar-refractivity contribution in [2.45, 2.75) is 25.5 Å². The zero-order chi connectivity index (χ0) is 19.5. The fourth-order valence-corrected chi connectivity index (χ4v) is 3.59. The van der Waals surface area contributed by atoms with Gasteiger partial charge in [-0.2, -0.15) is 0 Å². The number of nitrogens with one attached hydrogen (secondary N) is 2. The van der Waals surface area contributed by atoms with Gasteiger partial charge in [0.05, 0.1) is 6.10 Å². The lowest BCUT2D eigenvalue weighted by molar-refractivity contribution is 0.0946. The molecule has 0 aliphatic carbocycles. The Labute approximate surface area is 162 Å². The van der Waals surface area contributed by atoms with Gasteiger partial charge in [0.2, 0.25) is 0 Å². The molecule has 2 aromatic heterocycles. The fraction of sp³-hybridized carbons (Fsp3) is 0.286. The normalized spacial score (nSPS) is 16.9. The molecule has 3 N–H and O–H groups in total. The van der Waals surface area contributed by atoms with Gasteiger partial charge in [0.15, 0.2) is 5.43 Å². The van der Waals surface area contributed by atoms with Gasteiger partial charge in [-0.05, 0) is 31.0 Å². The first-order valence-corrected chi connectivity index (χ1v) is 9.39. The molecular formula is C21H22N4O3. The highest BCUT2D eigenvalue weighted by atomic mass is 16.3. The molecule has 144 valence electrons. The van der Waals surface area contributed by atoms with Gasteiger partial charge >= 0.3 is 0 Å². The molecule has 0 unspecified atom stereocenters. The molecule has 0 bridgehead atoms. The Bertz CT molecular complexity index is 1060. The number of carbonyl (C=O) groups excluding carboxylic acids is 1.